The largest absolute Gasteiger partial charge is 0.389 e. The first kappa shape index (κ1) is 18.0. The van der Waals surface area contributed by atoms with Gasteiger partial charge in [0.05, 0.1) is 6.10 Å². The number of carbonyl (C=O) groups excluding carboxylic acids is 1. The third kappa shape index (κ3) is 5.38. The Morgan fingerprint density at radius 1 is 1.50 bits per heavy atom. The van der Waals surface area contributed by atoms with Gasteiger partial charge in [0, 0.05) is 32.0 Å². The van der Waals surface area contributed by atoms with Gasteiger partial charge in [0.1, 0.15) is 6.10 Å². The molecule has 3 atom stereocenters. The molecule has 6 heteroatoms. The number of amides is 1. The lowest BCUT2D eigenvalue weighted by molar-refractivity contribution is -0.00153. The Bertz CT molecular complexity index is 517. The maximum absolute atomic E-state index is 11.8. The molecule has 0 fully saturated rings. The fraction of sp³-hybridized carbons (Fsp3) is 0.438. The summed E-state index contributed by atoms with van der Waals surface area (Å²) in [5.74, 6) is -0.329. The molecule has 1 aromatic rings. The van der Waals surface area contributed by atoms with Crippen LogP contribution in [-0.2, 0) is 4.74 Å². The molecule has 0 aromatic carbocycles. The van der Waals surface area contributed by atoms with Gasteiger partial charge in [0.15, 0.2) is 0 Å². The molecule has 2 N–H and O–H groups in total. The van der Waals surface area contributed by atoms with Crippen molar-refractivity contribution in [3.05, 3.63) is 48.6 Å². The second-order valence-electron chi connectivity index (χ2n) is 5.05. The Kier molecular flexibility index (Phi) is 7.42. The standard InChI is InChI=1S/C16H23N3O3/c1-5-13(22-4)14(20)12(3)9-11(2)10-19-16(21)15-17-7-6-8-18-15/h5-9,12-14,20H,1,10H2,2-4H3,(H,19,21)/b11-9-/t12-,13+,14+/m1/s1. The summed E-state index contributed by atoms with van der Waals surface area (Å²) in [4.78, 5) is 19.6. The van der Waals surface area contributed by atoms with E-state index in [1.807, 2.05) is 19.9 Å². The van der Waals surface area contributed by atoms with E-state index in [4.69, 9.17) is 4.74 Å². The van der Waals surface area contributed by atoms with Gasteiger partial charge < -0.3 is 15.2 Å². The van der Waals surface area contributed by atoms with Crippen LogP contribution in [0.25, 0.3) is 0 Å². The second-order valence-corrected chi connectivity index (χ2v) is 5.05. The molecule has 1 amide bonds. The monoisotopic (exact) mass is 305 g/mol. The number of ether oxygens (including phenoxy) is 1. The summed E-state index contributed by atoms with van der Waals surface area (Å²) >= 11 is 0. The number of hydrogen-bond donors (Lipinski definition) is 2. The smallest absolute Gasteiger partial charge is 0.289 e. The van der Waals surface area contributed by atoms with E-state index in [9.17, 15) is 9.90 Å². The lowest BCUT2D eigenvalue weighted by atomic mass is 9.97. The van der Waals surface area contributed by atoms with E-state index in [1.54, 1.807) is 12.1 Å². The summed E-state index contributed by atoms with van der Waals surface area (Å²) in [6, 6.07) is 1.65. The van der Waals surface area contributed by atoms with Crippen LogP contribution in [0.1, 0.15) is 24.5 Å². The number of methoxy groups -OCH3 is 1. The molecule has 22 heavy (non-hydrogen) atoms. The van der Waals surface area contributed by atoms with E-state index in [0.29, 0.717) is 6.54 Å². The Morgan fingerprint density at radius 3 is 2.68 bits per heavy atom. The molecule has 0 spiro atoms. The van der Waals surface area contributed by atoms with Crippen molar-refractivity contribution in [2.24, 2.45) is 5.92 Å². The van der Waals surface area contributed by atoms with Gasteiger partial charge in [-0.1, -0.05) is 24.6 Å². The molecule has 0 bridgehead atoms. The summed E-state index contributed by atoms with van der Waals surface area (Å²) in [5.41, 5.74) is 0.926. The molecule has 0 aliphatic carbocycles. The molecule has 0 unspecified atom stereocenters. The Labute approximate surface area is 130 Å². The molecule has 1 aromatic heterocycles. The highest BCUT2D eigenvalue weighted by Gasteiger charge is 2.20. The topological polar surface area (TPSA) is 84.3 Å². The minimum Gasteiger partial charge on any atom is -0.389 e. The van der Waals surface area contributed by atoms with E-state index < -0.39 is 12.2 Å². The van der Waals surface area contributed by atoms with Gasteiger partial charge >= 0.3 is 0 Å². The number of nitrogens with zero attached hydrogens (tertiary/aromatic N) is 2. The molecule has 0 aliphatic heterocycles. The Balaban J connectivity index is 2.55. The van der Waals surface area contributed by atoms with Gasteiger partial charge in [-0.2, -0.15) is 0 Å². The van der Waals surface area contributed by atoms with Crippen LogP contribution < -0.4 is 5.32 Å². The first-order chi connectivity index (χ1) is 10.5. The van der Waals surface area contributed by atoms with Crippen molar-refractivity contribution in [2.75, 3.05) is 13.7 Å². The molecular formula is C16H23N3O3. The van der Waals surface area contributed by atoms with Crippen LogP contribution in [0.4, 0.5) is 0 Å². The van der Waals surface area contributed by atoms with E-state index in [-0.39, 0.29) is 17.6 Å². The third-order valence-corrected chi connectivity index (χ3v) is 3.22. The maximum Gasteiger partial charge on any atom is 0.289 e. The first-order valence-electron chi connectivity index (χ1n) is 7.05. The van der Waals surface area contributed by atoms with Crippen LogP contribution in [-0.4, -0.2) is 46.8 Å². The van der Waals surface area contributed by atoms with Gasteiger partial charge in [-0.3, -0.25) is 4.79 Å². The average molecular weight is 305 g/mol. The number of carbonyl (C=O) groups is 1. The quantitative estimate of drug-likeness (QED) is 0.708. The van der Waals surface area contributed by atoms with Crippen LogP contribution in [0.2, 0.25) is 0 Å². The predicted molar refractivity (Wildman–Crippen MR) is 84.3 cm³/mol. The molecule has 0 saturated heterocycles. The van der Waals surface area contributed by atoms with E-state index in [0.717, 1.165) is 5.57 Å². The summed E-state index contributed by atoms with van der Waals surface area (Å²) in [7, 11) is 1.53. The summed E-state index contributed by atoms with van der Waals surface area (Å²) in [6.45, 7) is 7.75. The number of aliphatic hydroxyl groups is 1. The third-order valence-electron chi connectivity index (χ3n) is 3.22. The number of aromatic nitrogens is 2. The van der Waals surface area contributed by atoms with E-state index in [2.05, 4.69) is 21.9 Å². The van der Waals surface area contributed by atoms with Crippen molar-refractivity contribution in [1.82, 2.24) is 15.3 Å². The first-order valence-corrected chi connectivity index (χ1v) is 7.05. The zero-order chi connectivity index (χ0) is 16.5. The van der Waals surface area contributed by atoms with Crippen molar-refractivity contribution in [3.8, 4) is 0 Å². The fourth-order valence-corrected chi connectivity index (χ4v) is 2.00. The lowest BCUT2D eigenvalue weighted by Crippen LogP contribution is -2.32. The SMILES string of the molecule is C=C[C@H](OC)[C@@H](O)[C@H](C)/C=C(/C)CNC(=O)c1ncccn1. The second kappa shape index (κ2) is 9.07. The van der Waals surface area contributed by atoms with Crippen LogP contribution in [0.5, 0.6) is 0 Å². The van der Waals surface area contributed by atoms with Gasteiger partial charge in [-0.25, -0.2) is 9.97 Å². The highest BCUT2D eigenvalue weighted by Crippen LogP contribution is 2.14. The van der Waals surface area contributed by atoms with Gasteiger partial charge in [-0.05, 0) is 13.0 Å². The van der Waals surface area contributed by atoms with Crippen LogP contribution in [0.3, 0.4) is 0 Å². The molecular weight excluding hydrogens is 282 g/mol. The average Bonchev–Trinajstić information content (AvgIpc) is 2.54. The zero-order valence-electron chi connectivity index (χ0n) is 13.2. The molecule has 1 heterocycles. The molecule has 120 valence electrons. The van der Waals surface area contributed by atoms with Gasteiger partial charge in [0.25, 0.3) is 5.91 Å². The molecule has 0 saturated carbocycles. The normalized spacial score (nSPS) is 15.7. The summed E-state index contributed by atoms with van der Waals surface area (Å²) in [5, 5.41) is 12.9. The zero-order valence-corrected chi connectivity index (χ0v) is 13.2. The summed E-state index contributed by atoms with van der Waals surface area (Å²) in [6.07, 6.45) is 5.38. The molecule has 0 aliphatic rings. The molecule has 1 rings (SSSR count). The Hall–Kier alpha value is -2.05. The molecule has 0 radical (unpaired) electrons. The van der Waals surface area contributed by atoms with Crippen molar-refractivity contribution in [2.45, 2.75) is 26.1 Å². The fourth-order valence-electron chi connectivity index (χ4n) is 2.00. The van der Waals surface area contributed by atoms with Crippen molar-refractivity contribution < 1.29 is 14.6 Å². The van der Waals surface area contributed by atoms with Crippen molar-refractivity contribution in [3.63, 3.8) is 0 Å². The molecule has 6 nitrogen and oxygen atoms in total. The lowest BCUT2D eigenvalue weighted by Gasteiger charge is -2.22. The minimum absolute atomic E-state index is 0.132. The van der Waals surface area contributed by atoms with Gasteiger partial charge in [0.2, 0.25) is 5.82 Å². The van der Waals surface area contributed by atoms with Crippen molar-refractivity contribution >= 4 is 5.91 Å². The maximum atomic E-state index is 11.8. The van der Waals surface area contributed by atoms with Crippen LogP contribution >= 0.6 is 0 Å². The van der Waals surface area contributed by atoms with Crippen molar-refractivity contribution in [1.29, 1.82) is 0 Å². The Morgan fingerprint density at radius 2 is 2.14 bits per heavy atom. The highest BCUT2D eigenvalue weighted by atomic mass is 16.5. The van der Waals surface area contributed by atoms with E-state index in [1.165, 1.54) is 19.5 Å². The van der Waals surface area contributed by atoms with Crippen LogP contribution in [0.15, 0.2) is 42.8 Å². The number of nitrogens with one attached hydrogen (secondary N) is 1. The summed E-state index contributed by atoms with van der Waals surface area (Å²) < 4.78 is 5.14. The minimum atomic E-state index is -0.689. The van der Waals surface area contributed by atoms with Gasteiger partial charge in [-0.15, -0.1) is 6.58 Å². The predicted octanol–water partition coefficient (Wildman–Crippen LogP) is 1.35. The number of hydrogen-bond acceptors (Lipinski definition) is 5. The number of rotatable bonds is 8. The van der Waals surface area contributed by atoms with E-state index >= 15 is 0 Å². The van der Waals surface area contributed by atoms with Crippen LogP contribution in [0, 0.1) is 5.92 Å². The highest BCUT2D eigenvalue weighted by molar-refractivity contribution is 5.90. The number of aliphatic hydroxyl groups excluding tert-OH is 1.